The Morgan fingerprint density at radius 2 is 1.87 bits per heavy atom. The van der Waals surface area contributed by atoms with Crippen LogP contribution in [0.3, 0.4) is 0 Å². The minimum atomic E-state index is -0.0522. The lowest BCUT2D eigenvalue weighted by molar-refractivity contribution is -0.121. The number of piperidine rings is 1. The number of likely N-dealkylation sites (tertiary alicyclic amines) is 1. The van der Waals surface area contributed by atoms with Crippen LogP contribution in [0.4, 0.5) is 5.69 Å². The zero-order valence-electron chi connectivity index (χ0n) is 15.9. The van der Waals surface area contributed by atoms with E-state index in [4.69, 9.17) is 39.3 Å². The maximum Gasteiger partial charge on any atom is 0.241 e. The molecule has 0 saturated carbocycles. The van der Waals surface area contributed by atoms with Crippen LogP contribution in [-0.4, -0.2) is 34.0 Å². The molecular weight excluding hydrogens is 447 g/mol. The molecule has 1 N–H and O–H groups in total. The zero-order valence-corrected chi connectivity index (χ0v) is 18.2. The van der Waals surface area contributed by atoms with Crippen molar-refractivity contribution < 1.29 is 9.32 Å². The zero-order chi connectivity index (χ0) is 21.1. The number of carbonyl (C=O) groups excluding carboxylic acids is 1. The first-order valence-corrected chi connectivity index (χ1v) is 10.7. The third kappa shape index (κ3) is 4.95. The van der Waals surface area contributed by atoms with E-state index >= 15 is 0 Å². The summed E-state index contributed by atoms with van der Waals surface area (Å²) in [7, 11) is 0. The van der Waals surface area contributed by atoms with Gasteiger partial charge < -0.3 is 9.84 Å². The summed E-state index contributed by atoms with van der Waals surface area (Å²) in [5.41, 5.74) is 1.32. The Labute approximate surface area is 189 Å². The lowest BCUT2D eigenvalue weighted by atomic mass is 9.96. The van der Waals surface area contributed by atoms with Crippen LogP contribution in [0.25, 0.3) is 11.4 Å². The fraction of sp³-hybridized carbons (Fsp3) is 0.286. The Bertz CT molecular complexity index is 1050. The van der Waals surface area contributed by atoms with Crippen molar-refractivity contribution in [1.29, 1.82) is 0 Å². The van der Waals surface area contributed by atoms with E-state index in [-0.39, 0.29) is 11.8 Å². The fourth-order valence-corrected chi connectivity index (χ4v) is 4.12. The van der Waals surface area contributed by atoms with Crippen molar-refractivity contribution in [3.05, 3.63) is 63.4 Å². The Balaban J connectivity index is 1.31. The molecule has 30 heavy (non-hydrogen) atoms. The maximum absolute atomic E-state index is 12.5. The highest BCUT2D eigenvalue weighted by Gasteiger charge is 2.26. The third-order valence-electron chi connectivity index (χ3n) is 5.09. The van der Waals surface area contributed by atoms with E-state index in [9.17, 15) is 4.79 Å². The number of nitrogens with zero attached hydrogens (tertiary/aromatic N) is 3. The molecule has 1 aliphatic rings. The summed E-state index contributed by atoms with van der Waals surface area (Å²) < 4.78 is 5.39. The number of hydrogen-bond donors (Lipinski definition) is 1. The van der Waals surface area contributed by atoms with E-state index in [2.05, 4.69) is 20.4 Å². The number of hydrogen-bond acceptors (Lipinski definition) is 5. The van der Waals surface area contributed by atoms with Crippen molar-refractivity contribution in [2.45, 2.75) is 19.4 Å². The lowest BCUT2D eigenvalue weighted by Gasteiger charge is -2.30. The molecule has 1 aliphatic heterocycles. The molecule has 1 saturated heterocycles. The smallest absolute Gasteiger partial charge is 0.241 e. The predicted molar refractivity (Wildman–Crippen MR) is 118 cm³/mol. The summed E-state index contributed by atoms with van der Waals surface area (Å²) in [6.45, 7) is 2.05. The second-order valence-electron chi connectivity index (χ2n) is 7.16. The third-order valence-corrected chi connectivity index (χ3v) is 5.97. The molecule has 6 nitrogen and oxygen atoms in total. The molecule has 0 spiro atoms. The van der Waals surface area contributed by atoms with E-state index in [1.54, 1.807) is 30.3 Å². The number of carbonyl (C=O) groups is 1. The molecule has 0 radical (unpaired) electrons. The summed E-state index contributed by atoms with van der Waals surface area (Å²) in [5, 5.41) is 8.51. The van der Waals surface area contributed by atoms with Crippen LogP contribution in [-0.2, 0) is 11.3 Å². The number of aromatic nitrogens is 2. The van der Waals surface area contributed by atoms with Crippen molar-refractivity contribution in [1.82, 2.24) is 15.0 Å². The molecule has 0 aliphatic carbocycles. The molecule has 4 rings (SSSR count). The highest BCUT2D eigenvalue weighted by molar-refractivity contribution is 6.36. The predicted octanol–water partition coefficient (Wildman–Crippen LogP) is 5.55. The van der Waals surface area contributed by atoms with Crippen molar-refractivity contribution in [2.24, 2.45) is 5.92 Å². The van der Waals surface area contributed by atoms with E-state index in [1.807, 2.05) is 12.1 Å². The van der Waals surface area contributed by atoms with Crippen molar-refractivity contribution in [3.8, 4) is 11.4 Å². The molecule has 0 unspecified atom stereocenters. The monoisotopic (exact) mass is 464 g/mol. The molecule has 1 fully saturated rings. The maximum atomic E-state index is 12.5. The largest absolute Gasteiger partial charge is 0.338 e. The quantitative estimate of drug-likeness (QED) is 0.535. The highest BCUT2D eigenvalue weighted by Crippen LogP contribution is 2.29. The van der Waals surface area contributed by atoms with Gasteiger partial charge in [-0.3, -0.25) is 9.69 Å². The second kappa shape index (κ2) is 9.35. The van der Waals surface area contributed by atoms with E-state index in [0.717, 1.165) is 25.9 Å². The van der Waals surface area contributed by atoms with Gasteiger partial charge in [-0.15, -0.1) is 0 Å². The van der Waals surface area contributed by atoms with Crippen LogP contribution in [0, 0.1) is 5.92 Å². The Morgan fingerprint density at radius 1 is 1.10 bits per heavy atom. The first-order chi connectivity index (χ1) is 14.5. The van der Waals surface area contributed by atoms with E-state index < -0.39 is 0 Å². The Kier molecular flexibility index (Phi) is 6.58. The van der Waals surface area contributed by atoms with Crippen molar-refractivity contribution >= 4 is 46.4 Å². The summed E-state index contributed by atoms with van der Waals surface area (Å²) in [6.07, 6.45) is 1.50. The summed E-state index contributed by atoms with van der Waals surface area (Å²) in [6, 6.07) is 12.4. The number of benzene rings is 2. The van der Waals surface area contributed by atoms with Crippen LogP contribution >= 0.6 is 34.8 Å². The van der Waals surface area contributed by atoms with Gasteiger partial charge in [0, 0.05) is 16.5 Å². The first-order valence-electron chi connectivity index (χ1n) is 9.55. The standard InChI is InChI=1S/C21H19Cl3N4O2/c22-14-5-6-15(17(24)11-14)20-26-19(30-27-20)12-28-9-7-13(8-10-28)21(29)25-18-4-2-1-3-16(18)23/h1-6,11,13H,7-10,12H2,(H,25,29). The van der Waals surface area contributed by atoms with Gasteiger partial charge in [0.25, 0.3) is 0 Å². The van der Waals surface area contributed by atoms with Gasteiger partial charge in [0.2, 0.25) is 17.6 Å². The molecule has 3 aromatic rings. The van der Waals surface area contributed by atoms with E-state index in [1.165, 1.54) is 0 Å². The number of amides is 1. The molecule has 0 bridgehead atoms. The molecule has 2 aromatic carbocycles. The van der Waals surface area contributed by atoms with Crippen molar-refractivity contribution in [2.75, 3.05) is 18.4 Å². The average molecular weight is 466 g/mol. The van der Waals surface area contributed by atoms with Crippen molar-refractivity contribution in [3.63, 3.8) is 0 Å². The first kappa shape index (κ1) is 21.1. The van der Waals surface area contributed by atoms with Crippen LogP contribution in [0.5, 0.6) is 0 Å². The summed E-state index contributed by atoms with van der Waals surface area (Å²) >= 11 is 18.3. The van der Waals surface area contributed by atoms with Gasteiger partial charge >= 0.3 is 0 Å². The van der Waals surface area contributed by atoms with Crippen LogP contribution in [0.2, 0.25) is 15.1 Å². The van der Waals surface area contributed by atoms with Gasteiger partial charge in [-0.05, 0) is 56.3 Å². The molecule has 0 atom stereocenters. The minimum Gasteiger partial charge on any atom is -0.338 e. The summed E-state index contributed by atoms with van der Waals surface area (Å²) in [5.74, 6) is 0.888. The SMILES string of the molecule is O=C(Nc1ccccc1Cl)C1CCN(Cc2nc(-c3ccc(Cl)cc3Cl)no2)CC1. The lowest BCUT2D eigenvalue weighted by Crippen LogP contribution is -2.37. The molecule has 156 valence electrons. The molecule has 1 amide bonds. The highest BCUT2D eigenvalue weighted by atomic mass is 35.5. The average Bonchev–Trinajstić information content (AvgIpc) is 3.18. The van der Waals surface area contributed by atoms with Gasteiger partial charge in [0.15, 0.2) is 0 Å². The van der Waals surface area contributed by atoms with E-state index in [0.29, 0.717) is 44.6 Å². The summed E-state index contributed by atoms with van der Waals surface area (Å²) in [4.78, 5) is 19.2. The van der Waals surface area contributed by atoms with Gasteiger partial charge in [-0.1, -0.05) is 52.1 Å². The van der Waals surface area contributed by atoms with Crippen LogP contribution < -0.4 is 5.32 Å². The normalized spacial score (nSPS) is 15.3. The Morgan fingerprint density at radius 3 is 2.60 bits per heavy atom. The van der Waals surface area contributed by atoms with Gasteiger partial charge in [-0.2, -0.15) is 4.98 Å². The number of anilines is 1. The van der Waals surface area contributed by atoms with Crippen LogP contribution in [0.1, 0.15) is 18.7 Å². The Hall–Kier alpha value is -2.12. The van der Waals surface area contributed by atoms with Gasteiger partial charge in [0.05, 0.1) is 22.3 Å². The van der Waals surface area contributed by atoms with Gasteiger partial charge in [-0.25, -0.2) is 0 Å². The number of para-hydroxylation sites is 1. The number of nitrogens with one attached hydrogen (secondary N) is 1. The molecule has 2 heterocycles. The van der Waals surface area contributed by atoms with Gasteiger partial charge in [0.1, 0.15) is 0 Å². The van der Waals surface area contributed by atoms with Crippen LogP contribution in [0.15, 0.2) is 47.0 Å². The number of rotatable bonds is 5. The second-order valence-corrected chi connectivity index (χ2v) is 8.41. The minimum absolute atomic E-state index is 0.000191. The number of halogens is 3. The molecular formula is C21H19Cl3N4O2. The fourth-order valence-electron chi connectivity index (χ4n) is 3.44. The molecule has 9 heteroatoms. The topological polar surface area (TPSA) is 71.3 Å². The molecule has 1 aromatic heterocycles.